The molecule has 0 saturated heterocycles. The first kappa shape index (κ1) is 23.2. The van der Waals surface area contributed by atoms with Crippen molar-refractivity contribution < 1.29 is 0 Å². The molecular formula is C30H24N6O2. The molecule has 2 aromatic heterocycles. The van der Waals surface area contributed by atoms with Crippen molar-refractivity contribution in [3.63, 3.8) is 0 Å². The predicted molar refractivity (Wildman–Crippen MR) is 152 cm³/mol. The van der Waals surface area contributed by atoms with Gasteiger partial charge in [-0.3, -0.25) is 9.59 Å². The van der Waals surface area contributed by atoms with Crippen LogP contribution >= 0.6 is 0 Å². The highest BCUT2D eigenvalue weighted by atomic mass is 16.1. The van der Waals surface area contributed by atoms with Gasteiger partial charge in [0.2, 0.25) is 11.9 Å². The number of fused-ring (bicyclic) bond motifs is 2. The normalized spacial score (nSPS) is 11.1. The van der Waals surface area contributed by atoms with Crippen molar-refractivity contribution in [3.05, 3.63) is 130 Å². The number of rotatable bonds is 7. The molecule has 2 heterocycles. The third-order valence-corrected chi connectivity index (χ3v) is 6.27. The number of hydrogen-bond acceptors (Lipinski definition) is 6. The monoisotopic (exact) mass is 500 g/mol. The molecule has 6 rings (SSSR count). The molecule has 0 aliphatic carbocycles. The molecule has 0 aliphatic heterocycles. The molecule has 0 aliphatic rings. The van der Waals surface area contributed by atoms with Gasteiger partial charge in [-0.15, -0.1) is 0 Å². The first-order valence-corrected chi connectivity index (χ1v) is 12.3. The third kappa shape index (κ3) is 4.28. The van der Waals surface area contributed by atoms with E-state index in [1.165, 1.54) is 0 Å². The van der Waals surface area contributed by atoms with Crippen molar-refractivity contribution in [2.24, 2.45) is 0 Å². The number of nitrogens with zero attached hydrogens (tertiary/aromatic N) is 4. The lowest BCUT2D eigenvalue weighted by atomic mass is 10.2. The molecule has 2 N–H and O–H groups in total. The van der Waals surface area contributed by atoms with Gasteiger partial charge in [0, 0.05) is 13.1 Å². The Morgan fingerprint density at radius 3 is 1.29 bits per heavy atom. The lowest BCUT2D eigenvalue weighted by molar-refractivity contribution is 0.910. The molecule has 0 saturated carbocycles. The van der Waals surface area contributed by atoms with Crippen LogP contribution in [0.5, 0.6) is 0 Å². The molecule has 186 valence electrons. The third-order valence-electron chi connectivity index (χ3n) is 6.27. The predicted octanol–water partition coefficient (Wildman–Crippen LogP) is 4.61. The van der Waals surface area contributed by atoms with Crippen LogP contribution in [0.3, 0.4) is 0 Å². The lowest BCUT2D eigenvalue weighted by Crippen LogP contribution is -2.28. The molecule has 6 aromatic rings. The maximum Gasteiger partial charge on any atom is 0.267 e. The van der Waals surface area contributed by atoms with Gasteiger partial charge in [-0.1, -0.05) is 60.7 Å². The zero-order valence-electron chi connectivity index (χ0n) is 20.4. The minimum atomic E-state index is -0.147. The van der Waals surface area contributed by atoms with E-state index in [9.17, 15) is 9.59 Å². The van der Waals surface area contributed by atoms with Crippen molar-refractivity contribution in [1.82, 2.24) is 19.1 Å². The summed E-state index contributed by atoms with van der Waals surface area (Å²) >= 11 is 0. The Kier molecular flexibility index (Phi) is 6.11. The van der Waals surface area contributed by atoms with Gasteiger partial charge in [-0.25, -0.2) is 19.1 Å². The summed E-state index contributed by atoms with van der Waals surface area (Å²) in [5.74, 6) is 0.877. The molecule has 0 unspecified atom stereocenters. The summed E-state index contributed by atoms with van der Waals surface area (Å²) in [5.41, 5.74) is 2.39. The molecule has 0 radical (unpaired) electrons. The number of nitrogens with one attached hydrogen (secondary N) is 2. The lowest BCUT2D eigenvalue weighted by Gasteiger charge is -2.17. The summed E-state index contributed by atoms with van der Waals surface area (Å²) in [6.45, 7) is 0.851. The van der Waals surface area contributed by atoms with Gasteiger partial charge in [0.15, 0.2) is 0 Å². The molecule has 4 aromatic carbocycles. The van der Waals surface area contributed by atoms with Gasteiger partial charge in [-0.2, -0.15) is 0 Å². The largest absolute Gasteiger partial charge is 0.353 e. The van der Waals surface area contributed by atoms with Crippen LogP contribution in [0.2, 0.25) is 0 Å². The molecule has 8 nitrogen and oxygen atoms in total. The van der Waals surface area contributed by atoms with E-state index in [1.807, 2.05) is 97.1 Å². The summed E-state index contributed by atoms with van der Waals surface area (Å²) in [6, 6.07) is 33.5. The van der Waals surface area contributed by atoms with Crippen LogP contribution in [0, 0.1) is 0 Å². The molecule has 8 heteroatoms. The standard InChI is InChI=1S/C30H24N6O2/c37-27-23-15-7-9-17-25(23)33-29(35(27)21-11-3-1-4-12-21)31-19-20-32-30-34-26-18-10-8-16-24(26)28(38)36(30)22-13-5-2-6-14-22/h1-18H,19-20H2,(H,31,33)(H,32,34). The maximum atomic E-state index is 13.4. The molecule has 0 amide bonds. The quantitative estimate of drug-likeness (QED) is 0.311. The van der Waals surface area contributed by atoms with Crippen LogP contribution in [0.1, 0.15) is 0 Å². The average Bonchev–Trinajstić information content (AvgIpc) is 2.96. The maximum absolute atomic E-state index is 13.4. The van der Waals surface area contributed by atoms with E-state index >= 15 is 0 Å². The van der Waals surface area contributed by atoms with E-state index in [2.05, 4.69) is 10.6 Å². The summed E-state index contributed by atoms with van der Waals surface area (Å²) < 4.78 is 3.16. The van der Waals surface area contributed by atoms with Gasteiger partial charge in [0.25, 0.3) is 11.1 Å². The summed E-state index contributed by atoms with van der Waals surface area (Å²) in [6.07, 6.45) is 0. The van der Waals surface area contributed by atoms with E-state index < -0.39 is 0 Å². The van der Waals surface area contributed by atoms with E-state index in [4.69, 9.17) is 9.97 Å². The molecule has 0 fully saturated rings. The van der Waals surface area contributed by atoms with Crippen molar-refractivity contribution in [1.29, 1.82) is 0 Å². The molecule has 38 heavy (non-hydrogen) atoms. The minimum Gasteiger partial charge on any atom is -0.353 e. The second kappa shape index (κ2) is 10.0. The Morgan fingerprint density at radius 2 is 0.868 bits per heavy atom. The SMILES string of the molecule is O=c1c2ccccc2nc(NCCNc2nc3ccccc3c(=O)n2-c2ccccc2)n1-c1ccccc1. The van der Waals surface area contributed by atoms with Crippen molar-refractivity contribution in [2.75, 3.05) is 23.7 Å². The van der Waals surface area contributed by atoms with E-state index in [-0.39, 0.29) is 11.1 Å². The Morgan fingerprint density at radius 1 is 0.500 bits per heavy atom. The fraction of sp³-hybridized carbons (Fsp3) is 0.0667. The van der Waals surface area contributed by atoms with Crippen LogP contribution in [0.25, 0.3) is 33.2 Å². The molecular weight excluding hydrogens is 476 g/mol. The van der Waals surface area contributed by atoms with Crippen molar-refractivity contribution >= 4 is 33.7 Å². The van der Waals surface area contributed by atoms with Gasteiger partial charge in [-0.05, 0) is 48.5 Å². The van der Waals surface area contributed by atoms with Crippen LogP contribution in [-0.2, 0) is 0 Å². The van der Waals surface area contributed by atoms with Crippen LogP contribution < -0.4 is 21.8 Å². The zero-order valence-corrected chi connectivity index (χ0v) is 20.4. The Hall–Kier alpha value is -5.24. The van der Waals surface area contributed by atoms with E-state index in [0.717, 1.165) is 11.4 Å². The summed E-state index contributed by atoms with van der Waals surface area (Å²) in [5, 5.41) is 7.70. The number of hydrogen-bond donors (Lipinski definition) is 2. The van der Waals surface area contributed by atoms with Crippen LogP contribution in [-0.4, -0.2) is 32.2 Å². The molecule has 0 bridgehead atoms. The number of aromatic nitrogens is 4. The first-order valence-electron chi connectivity index (χ1n) is 12.3. The second-order valence-electron chi connectivity index (χ2n) is 8.71. The Bertz CT molecular complexity index is 1730. The minimum absolute atomic E-state index is 0.147. The van der Waals surface area contributed by atoms with Gasteiger partial charge in [0.1, 0.15) is 0 Å². The molecule has 0 spiro atoms. The van der Waals surface area contributed by atoms with Crippen LogP contribution in [0.4, 0.5) is 11.9 Å². The number of para-hydroxylation sites is 4. The van der Waals surface area contributed by atoms with Crippen LogP contribution in [0.15, 0.2) is 119 Å². The first-order chi connectivity index (χ1) is 18.7. The average molecular weight is 501 g/mol. The fourth-order valence-corrected chi connectivity index (χ4v) is 4.48. The van der Waals surface area contributed by atoms with Crippen molar-refractivity contribution in [2.45, 2.75) is 0 Å². The van der Waals surface area contributed by atoms with Gasteiger partial charge >= 0.3 is 0 Å². The smallest absolute Gasteiger partial charge is 0.267 e. The summed E-state index contributed by atoms with van der Waals surface area (Å²) in [4.78, 5) is 36.2. The van der Waals surface area contributed by atoms with E-state index in [1.54, 1.807) is 21.3 Å². The highest BCUT2D eigenvalue weighted by Crippen LogP contribution is 2.18. The highest BCUT2D eigenvalue weighted by Gasteiger charge is 2.14. The Balaban J connectivity index is 1.32. The van der Waals surface area contributed by atoms with Crippen molar-refractivity contribution in [3.8, 4) is 11.4 Å². The fourth-order valence-electron chi connectivity index (χ4n) is 4.48. The van der Waals surface area contributed by atoms with E-state index in [0.29, 0.717) is 46.8 Å². The second-order valence-corrected chi connectivity index (χ2v) is 8.71. The van der Waals surface area contributed by atoms with Gasteiger partial charge in [0.05, 0.1) is 33.2 Å². The van der Waals surface area contributed by atoms with Gasteiger partial charge < -0.3 is 10.6 Å². The highest BCUT2D eigenvalue weighted by molar-refractivity contribution is 5.80. The number of anilines is 2. The zero-order chi connectivity index (χ0) is 25.9. The Labute approximate surface area is 217 Å². The summed E-state index contributed by atoms with van der Waals surface area (Å²) in [7, 11) is 0. The molecule has 0 atom stereocenters. The number of benzene rings is 4. The topological polar surface area (TPSA) is 93.8 Å².